The molecule has 1 aromatic carbocycles. The van der Waals surface area contributed by atoms with E-state index >= 15 is 0 Å². The van der Waals surface area contributed by atoms with Crippen molar-refractivity contribution in [3.8, 4) is 5.75 Å². The molecule has 0 aromatic heterocycles. The lowest BCUT2D eigenvalue weighted by molar-refractivity contribution is -0.143. The summed E-state index contributed by atoms with van der Waals surface area (Å²) in [4.78, 5) is 23.8. The number of benzene rings is 1. The number of hydrogen-bond donors (Lipinski definition) is 1. The SMILES string of the molecule is CCc1ccc2c(c1)OCC(C)(C)C(C(=O)O)C2=O. The van der Waals surface area contributed by atoms with Crippen molar-refractivity contribution in [1.82, 2.24) is 0 Å². The number of carboxylic acid groups (broad SMARTS) is 1. The van der Waals surface area contributed by atoms with Crippen LogP contribution in [0.4, 0.5) is 0 Å². The number of carbonyl (C=O) groups excluding carboxylic acids is 1. The number of aliphatic carboxylic acids is 1. The van der Waals surface area contributed by atoms with Gasteiger partial charge in [-0.05, 0) is 24.1 Å². The first-order valence-electron chi connectivity index (χ1n) is 6.39. The highest BCUT2D eigenvalue weighted by atomic mass is 16.5. The van der Waals surface area contributed by atoms with Gasteiger partial charge in [-0.2, -0.15) is 0 Å². The van der Waals surface area contributed by atoms with Crippen molar-refractivity contribution in [3.63, 3.8) is 0 Å². The Kier molecular flexibility index (Phi) is 3.35. The molecular weight excluding hydrogens is 244 g/mol. The highest BCUT2D eigenvalue weighted by Crippen LogP contribution is 2.37. The van der Waals surface area contributed by atoms with E-state index in [0.717, 1.165) is 12.0 Å². The quantitative estimate of drug-likeness (QED) is 0.832. The normalized spacial score (nSPS) is 21.2. The molecule has 1 aliphatic heterocycles. The van der Waals surface area contributed by atoms with Crippen molar-refractivity contribution in [2.75, 3.05) is 6.61 Å². The first kappa shape index (κ1) is 13.6. The van der Waals surface area contributed by atoms with Crippen molar-refractivity contribution < 1.29 is 19.4 Å². The number of rotatable bonds is 2. The summed E-state index contributed by atoms with van der Waals surface area (Å²) in [5, 5.41) is 9.32. The molecule has 1 aliphatic rings. The van der Waals surface area contributed by atoms with Crippen molar-refractivity contribution in [3.05, 3.63) is 29.3 Å². The molecule has 4 nitrogen and oxygen atoms in total. The zero-order chi connectivity index (χ0) is 14.2. The minimum atomic E-state index is -1.09. The van der Waals surface area contributed by atoms with Gasteiger partial charge in [-0.1, -0.05) is 26.8 Å². The third-order valence-corrected chi connectivity index (χ3v) is 3.61. The van der Waals surface area contributed by atoms with E-state index in [4.69, 9.17) is 4.74 Å². The predicted octanol–water partition coefficient (Wildman–Crippen LogP) is 2.55. The Hall–Kier alpha value is -1.84. The number of ether oxygens (including phenoxy) is 1. The topological polar surface area (TPSA) is 63.6 Å². The Morgan fingerprint density at radius 1 is 1.47 bits per heavy atom. The van der Waals surface area contributed by atoms with Crippen LogP contribution in [0.15, 0.2) is 18.2 Å². The van der Waals surface area contributed by atoms with E-state index in [2.05, 4.69) is 0 Å². The third-order valence-electron chi connectivity index (χ3n) is 3.61. The molecule has 1 unspecified atom stereocenters. The number of aryl methyl sites for hydroxylation is 1. The second-order valence-electron chi connectivity index (χ2n) is 5.60. The third kappa shape index (κ3) is 2.35. The molecule has 0 saturated carbocycles. The molecule has 0 saturated heterocycles. The van der Waals surface area contributed by atoms with E-state index in [-0.39, 0.29) is 12.4 Å². The Morgan fingerprint density at radius 2 is 2.16 bits per heavy atom. The molecular formula is C15H18O4. The molecule has 0 spiro atoms. The molecule has 0 fully saturated rings. The van der Waals surface area contributed by atoms with Crippen LogP contribution in [0.25, 0.3) is 0 Å². The van der Waals surface area contributed by atoms with E-state index in [1.54, 1.807) is 19.9 Å². The number of Topliss-reactive ketones (excluding diaryl/α,β-unsaturated/α-hetero) is 1. The van der Waals surface area contributed by atoms with Gasteiger partial charge in [0.1, 0.15) is 11.7 Å². The smallest absolute Gasteiger partial charge is 0.315 e. The zero-order valence-electron chi connectivity index (χ0n) is 11.4. The van der Waals surface area contributed by atoms with Crippen LogP contribution in [0.5, 0.6) is 5.75 Å². The van der Waals surface area contributed by atoms with Crippen LogP contribution in [0, 0.1) is 11.3 Å². The first-order valence-corrected chi connectivity index (χ1v) is 6.39. The van der Waals surface area contributed by atoms with E-state index in [0.29, 0.717) is 11.3 Å². The molecule has 19 heavy (non-hydrogen) atoms. The fraction of sp³-hybridized carbons (Fsp3) is 0.467. The number of carbonyl (C=O) groups is 2. The number of hydrogen-bond acceptors (Lipinski definition) is 3. The summed E-state index contributed by atoms with van der Waals surface area (Å²) in [5.74, 6) is -2.03. The minimum absolute atomic E-state index is 0.218. The lowest BCUT2D eigenvalue weighted by atomic mass is 9.76. The summed E-state index contributed by atoms with van der Waals surface area (Å²) in [6, 6.07) is 5.35. The fourth-order valence-electron chi connectivity index (χ4n) is 2.41. The maximum Gasteiger partial charge on any atom is 0.315 e. The fourth-order valence-corrected chi connectivity index (χ4v) is 2.41. The molecule has 102 valence electrons. The van der Waals surface area contributed by atoms with Gasteiger partial charge in [0.2, 0.25) is 0 Å². The van der Waals surface area contributed by atoms with Gasteiger partial charge in [-0.15, -0.1) is 0 Å². The van der Waals surface area contributed by atoms with Gasteiger partial charge >= 0.3 is 5.97 Å². The van der Waals surface area contributed by atoms with Gasteiger partial charge in [0.25, 0.3) is 0 Å². The second kappa shape index (κ2) is 4.68. The lowest BCUT2D eigenvalue weighted by Crippen LogP contribution is -2.39. The van der Waals surface area contributed by atoms with Crippen LogP contribution in [0.1, 0.15) is 36.7 Å². The maximum absolute atomic E-state index is 12.4. The van der Waals surface area contributed by atoms with Gasteiger partial charge in [-0.25, -0.2) is 0 Å². The average molecular weight is 262 g/mol. The molecule has 0 bridgehead atoms. The highest BCUT2D eigenvalue weighted by Gasteiger charge is 2.44. The largest absolute Gasteiger partial charge is 0.492 e. The summed E-state index contributed by atoms with van der Waals surface area (Å²) in [7, 11) is 0. The van der Waals surface area contributed by atoms with Crippen molar-refractivity contribution in [2.24, 2.45) is 11.3 Å². The van der Waals surface area contributed by atoms with Gasteiger partial charge < -0.3 is 9.84 Å². The molecule has 1 N–H and O–H groups in total. The van der Waals surface area contributed by atoms with Crippen molar-refractivity contribution in [2.45, 2.75) is 27.2 Å². The number of ketones is 1. The summed E-state index contributed by atoms with van der Waals surface area (Å²) in [6.07, 6.45) is 0.844. The summed E-state index contributed by atoms with van der Waals surface area (Å²) < 4.78 is 5.67. The summed E-state index contributed by atoms with van der Waals surface area (Å²) >= 11 is 0. The van der Waals surface area contributed by atoms with Crippen molar-refractivity contribution >= 4 is 11.8 Å². The first-order chi connectivity index (χ1) is 8.86. The number of fused-ring (bicyclic) bond motifs is 1. The molecule has 1 atom stereocenters. The highest BCUT2D eigenvalue weighted by molar-refractivity contribution is 6.10. The van der Waals surface area contributed by atoms with Gasteiger partial charge in [0.15, 0.2) is 5.78 Å². The average Bonchev–Trinajstić information content (AvgIpc) is 2.44. The lowest BCUT2D eigenvalue weighted by Gasteiger charge is -2.26. The van der Waals surface area contributed by atoms with Crippen LogP contribution in [-0.2, 0) is 11.2 Å². The molecule has 0 amide bonds. The Labute approximate surface area is 112 Å². The van der Waals surface area contributed by atoms with E-state index in [1.165, 1.54) is 0 Å². The van der Waals surface area contributed by atoms with E-state index < -0.39 is 17.3 Å². The molecule has 2 rings (SSSR count). The Morgan fingerprint density at radius 3 is 2.74 bits per heavy atom. The van der Waals surface area contributed by atoms with Crippen molar-refractivity contribution in [1.29, 1.82) is 0 Å². The number of carboxylic acids is 1. The molecule has 0 aliphatic carbocycles. The maximum atomic E-state index is 12.4. The van der Waals surface area contributed by atoms with E-state index in [1.807, 2.05) is 19.1 Å². The molecule has 4 heteroatoms. The van der Waals surface area contributed by atoms with Gasteiger partial charge in [-0.3, -0.25) is 9.59 Å². The molecule has 1 heterocycles. The van der Waals surface area contributed by atoms with Crippen LogP contribution in [0.2, 0.25) is 0 Å². The van der Waals surface area contributed by atoms with Crippen LogP contribution in [0.3, 0.4) is 0 Å². The summed E-state index contributed by atoms with van der Waals surface area (Å²) in [5.41, 5.74) is 0.710. The predicted molar refractivity (Wildman–Crippen MR) is 70.6 cm³/mol. The van der Waals surface area contributed by atoms with Crippen LogP contribution >= 0.6 is 0 Å². The molecule has 0 radical (unpaired) electrons. The summed E-state index contributed by atoms with van der Waals surface area (Å²) in [6.45, 7) is 5.73. The second-order valence-corrected chi connectivity index (χ2v) is 5.60. The zero-order valence-corrected chi connectivity index (χ0v) is 11.4. The van der Waals surface area contributed by atoms with Crippen LogP contribution < -0.4 is 4.74 Å². The Bertz CT molecular complexity index is 531. The monoisotopic (exact) mass is 262 g/mol. The Balaban J connectivity index is 2.53. The van der Waals surface area contributed by atoms with E-state index in [9.17, 15) is 14.7 Å². The van der Waals surface area contributed by atoms with Gasteiger partial charge in [0, 0.05) is 5.41 Å². The standard InChI is InChI=1S/C15H18O4/c1-4-9-5-6-10-11(7-9)19-8-15(2,3)12(13(10)16)14(17)18/h5-7,12H,4,8H2,1-3H3,(H,17,18). The molecule has 1 aromatic rings. The van der Waals surface area contributed by atoms with Gasteiger partial charge in [0.05, 0.1) is 12.2 Å². The van der Waals surface area contributed by atoms with Crippen LogP contribution in [-0.4, -0.2) is 23.5 Å². The minimum Gasteiger partial charge on any atom is -0.492 e.